The first-order valence-corrected chi connectivity index (χ1v) is 8.38. The Morgan fingerprint density at radius 3 is 2.65 bits per heavy atom. The van der Waals surface area contributed by atoms with Gasteiger partial charge in [0.15, 0.2) is 0 Å². The lowest BCUT2D eigenvalue weighted by Crippen LogP contribution is -2.48. The van der Waals surface area contributed by atoms with Crippen molar-refractivity contribution in [3.8, 4) is 0 Å². The van der Waals surface area contributed by atoms with Crippen molar-refractivity contribution in [3.63, 3.8) is 0 Å². The smallest absolute Gasteiger partial charge is 0.0612 e. The zero-order valence-corrected chi connectivity index (χ0v) is 13.2. The molecule has 0 radical (unpaired) electrons. The van der Waals surface area contributed by atoms with Gasteiger partial charge in [0.25, 0.3) is 0 Å². The van der Waals surface area contributed by atoms with Crippen LogP contribution in [0.25, 0.3) is 0 Å². The molecule has 2 saturated heterocycles. The Kier molecular flexibility index (Phi) is 6.75. The molecule has 0 spiro atoms. The second-order valence-corrected chi connectivity index (χ2v) is 6.58. The van der Waals surface area contributed by atoms with E-state index < -0.39 is 0 Å². The molecule has 0 aromatic heterocycles. The van der Waals surface area contributed by atoms with E-state index >= 15 is 0 Å². The van der Waals surface area contributed by atoms with E-state index in [-0.39, 0.29) is 0 Å². The number of likely N-dealkylation sites (tertiary alicyclic amines) is 1. The molecule has 0 aliphatic carbocycles. The molecule has 2 rings (SSSR count). The topological polar surface area (TPSA) is 47.7 Å². The van der Waals surface area contributed by atoms with Gasteiger partial charge < -0.3 is 20.1 Å². The fourth-order valence-corrected chi connectivity index (χ4v) is 3.35. The SMILES string of the molecule is CC(C)C1CC(N2CCC(OCCCN)CC2)CCO1. The number of nitrogens with zero attached hydrogens (tertiary/aromatic N) is 1. The quantitative estimate of drug-likeness (QED) is 0.758. The first-order valence-electron chi connectivity index (χ1n) is 8.38. The Morgan fingerprint density at radius 2 is 2.00 bits per heavy atom. The van der Waals surface area contributed by atoms with Gasteiger partial charge in [0.05, 0.1) is 12.2 Å². The molecule has 2 N–H and O–H groups in total. The van der Waals surface area contributed by atoms with Crippen molar-refractivity contribution >= 4 is 0 Å². The predicted octanol–water partition coefficient (Wildman–Crippen LogP) is 2.02. The summed E-state index contributed by atoms with van der Waals surface area (Å²) in [5.74, 6) is 0.634. The van der Waals surface area contributed by atoms with Gasteiger partial charge in [0.2, 0.25) is 0 Å². The van der Waals surface area contributed by atoms with Crippen LogP contribution in [0.4, 0.5) is 0 Å². The molecule has 4 nitrogen and oxygen atoms in total. The molecule has 2 aliphatic rings. The molecule has 0 bridgehead atoms. The highest BCUT2D eigenvalue weighted by Gasteiger charge is 2.31. The van der Waals surface area contributed by atoms with Crippen LogP contribution in [0.1, 0.15) is 46.0 Å². The van der Waals surface area contributed by atoms with E-state index in [0.29, 0.717) is 18.1 Å². The first kappa shape index (κ1) is 16.2. The zero-order valence-electron chi connectivity index (χ0n) is 13.2. The van der Waals surface area contributed by atoms with Gasteiger partial charge in [0, 0.05) is 32.3 Å². The minimum atomic E-state index is 0.451. The molecule has 0 aromatic rings. The predicted molar refractivity (Wildman–Crippen MR) is 81.8 cm³/mol. The first-order chi connectivity index (χ1) is 9.70. The van der Waals surface area contributed by atoms with Crippen LogP contribution >= 0.6 is 0 Å². The lowest BCUT2D eigenvalue weighted by molar-refractivity contribution is -0.0637. The van der Waals surface area contributed by atoms with E-state index in [4.69, 9.17) is 15.2 Å². The van der Waals surface area contributed by atoms with E-state index in [1.807, 2.05) is 0 Å². The third-order valence-electron chi connectivity index (χ3n) is 4.73. The normalized spacial score (nSPS) is 30.0. The number of ether oxygens (including phenoxy) is 2. The molecule has 0 amide bonds. The molecule has 2 unspecified atom stereocenters. The standard InChI is InChI=1S/C16H32N2O2/c1-13(2)16-12-14(6-11-20-16)18-8-4-15(5-9-18)19-10-3-7-17/h13-16H,3-12,17H2,1-2H3. The summed E-state index contributed by atoms with van der Waals surface area (Å²) in [5.41, 5.74) is 5.50. The largest absolute Gasteiger partial charge is 0.378 e. The second kappa shape index (κ2) is 8.32. The van der Waals surface area contributed by atoms with Crippen molar-refractivity contribution in [1.82, 2.24) is 4.90 Å². The van der Waals surface area contributed by atoms with E-state index in [0.717, 1.165) is 32.2 Å². The molecule has 2 fully saturated rings. The summed E-state index contributed by atoms with van der Waals surface area (Å²) < 4.78 is 11.8. The highest BCUT2D eigenvalue weighted by Crippen LogP contribution is 2.26. The fraction of sp³-hybridized carbons (Fsp3) is 1.00. The molecule has 20 heavy (non-hydrogen) atoms. The number of hydrogen-bond donors (Lipinski definition) is 1. The lowest BCUT2D eigenvalue weighted by atomic mass is 9.93. The van der Waals surface area contributed by atoms with Crippen LogP contribution in [0.5, 0.6) is 0 Å². The van der Waals surface area contributed by atoms with Crippen LogP contribution in [0.2, 0.25) is 0 Å². The van der Waals surface area contributed by atoms with Gasteiger partial charge in [-0.25, -0.2) is 0 Å². The van der Waals surface area contributed by atoms with Crippen molar-refractivity contribution in [2.75, 3.05) is 32.8 Å². The van der Waals surface area contributed by atoms with Crippen molar-refractivity contribution < 1.29 is 9.47 Å². The van der Waals surface area contributed by atoms with E-state index in [1.54, 1.807) is 0 Å². The molecule has 2 aliphatic heterocycles. The summed E-state index contributed by atoms with van der Waals surface area (Å²) in [5, 5.41) is 0. The minimum Gasteiger partial charge on any atom is -0.378 e. The van der Waals surface area contributed by atoms with E-state index in [9.17, 15) is 0 Å². The molecule has 2 atom stereocenters. The highest BCUT2D eigenvalue weighted by molar-refractivity contribution is 4.84. The average Bonchev–Trinajstić information content (AvgIpc) is 2.48. The molecule has 4 heteroatoms. The summed E-state index contributed by atoms with van der Waals surface area (Å²) in [7, 11) is 0. The Morgan fingerprint density at radius 1 is 1.25 bits per heavy atom. The molecular weight excluding hydrogens is 252 g/mol. The Bertz CT molecular complexity index is 265. The number of rotatable bonds is 6. The van der Waals surface area contributed by atoms with Gasteiger partial charge in [-0.2, -0.15) is 0 Å². The summed E-state index contributed by atoms with van der Waals surface area (Å²) in [6.07, 6.45) is 6.64. The molecule has 2 heterocycles. The van der Waals surface area contributed by atoms with Gasteiger partial charge in [0.1, 0.15) is 0 Å². The van der Waals surface area contributed by atoms with Crippen LogP contribution in [0.3, 0.4) is 0 Å². The molecule has 118 valence electrons. The molecule has 0 aromatic carbocycles. The van der Waals surface area contributed by atoms with Crippen molar-refractivity contribution in [2.45, 2.75) is 64.2 Å². The lowest BCUT2D eigenvalue weighted by Gasteiger charge is -2.42. The summed E-state index contributed by atoms with van der Waals surface area (Å²) >= 11 is 0. The Labute approximate surface area is 124 Å². The van der Waals surface area contributed by atoms with Crippen LogP contribution in [0, 0.1) is 5.92 Å². The molecular formula is C16H32N2O2. The maximum Gasteiger partial charge on any atom is 0.0612 e. The van der Waals surface area contributed by atoms with Gasteiger partial charge >= 0.3 is 0 Å². The van der Waals surface area contributed by atoms with Crippen LogP contribution in [-0.2, 0) is 9.47 Å². The third-order valence-corrected chi connectivity index (χ3v) is 4.73. The summed E-state index contributed by atoms with van der Waals surface area (Å²) in [6.45, 7) is 9.40. The number of piperidine rings is 1. The second-order valence-electron chi connectivity index (χ2n) is 6.58. The maximum absolute atomic E-state index is 5.89. The van der Waals surface area contributed by atoms with Crippen LogP contribution in [-0.4, -0.2) is 56.0 Å². The Balaban J connectivity index is 1.70. The molecule has 0 saturated carbocycles. The zero-order chi connectivity index (χ0) is 14.4. The van der Waals surface area contributed by atoms with Gasteiger partial charge in [-0.15, -0.1) is 0 Å². The van der Waals surface area contributed by atoms with Crippen LogP contribution < -0.4 is 5.73 Å². The summed E-state index contributed by atoms with van der Waals surface area (Å²) in [4.78, 5) is 2.67. The highest BCUT2D eigenvalue weighted by atomic mass is 16.5. The number of nitrogens with two attached hydrogens (primary N) is 1. The van der Waals surface area contributed by atoms with Crippen LogP contribution in [0.15, 0.2) is 0 Å². The van der Waals surface area contributed by atoms with Crippen molar-refractivity contribution in [1.29, 1.82) is 0 Å². The number of hydrogen-bond acceptors (Lipinski definition) is 4. The fourth-order valence-electron chi connectivity index (χ4n) is 3.35. The van der Waals surface area contributed by atoms with Gasteiger partial charge in [-0.05, 0) is 44.6 Å². The van der Waals surface area contributed by atoms with E-state index in [2.05, 4.69) is 18.7 Å². The van der Waals surface area contributed by atoms with E-state index in [1.165, 1.54) is 38.8 Å². The minimum absolute atomic E-state index is 0.451. The summed E-state index contributed by atoms with van der Waals surface area (Å²) in [6, 6.07) is 0.723. The third kappa shape index (κ3) is 4.69. The monoisotopic (exact) mass is 284 g/mol. The van der Waals surface area contributed by atoms with Crippen molar-refractivity contribution in [3.05, 3.63) is 0 Å². The van der Waals surface area contributed by atoms with Crippen molar-refractivity contribution in [2.24, 2.45) is 11.7 Å². The average molecular weight is 284 g/mol. The van der Waals surface area contributed by atoms with Gasteiger partial charge in [-0.1, -0.05) is 13.8 Å². The maximum atomic E-state index is 5.89. The Hall–Kier alpha value is -0.160. The van der Waals surface area contributed by atoms with Gasteiger partial charge in [-0.3, -0.25) is 0 Å².